The number of carbonyl (C=O) groups is 1. The molecular formula is C28H28N4O2. The van der Waals surface area contributed by atoms with Crippen molar-refractivity contribution in [2.75, 3.05) is 25.0 Å². The average Bonchev–Trinajstić information content (AvgIpc) is 3.20. The van der Waals surface area contributed by atoms with Crippen LogP contribution in [0, 0.1) is 0 Å². The topological polar surface area (TPSA) is 70.1 Å². The first-order valence-electron chi connectivity index (χ1n) is 11.7. The SMILES string of the molecule is O=C(CN1CCC(n2c(=O)[nH]c3ccccc32)CC1)Nc1ccc(/C=C/c2ccccc2)cc1. The molecule has 172 valence electrons. The highest BCUT2D eigenvalue weighted by atomic mass is 16.2. The Bertz CT molecular complexity index is 1340. The van der Waals surface area contributed by atoms with Gasteiger partial charge in [0.15, 0.2) is 0 Å². The van der Waals surface area contributed by atoms with E-state index in [0.29, 0.717) is 6.54 Å². The largest absolute Gasteiger partial charge is 0.326 e. The maximum absolute atomic E-state index is 12.6. The van der Waals surface area contributed by atoms with E-state index in [0.717, 1.165) is 53.8 Å². The normalized spacial score (nSPS) is 15.2. The summed E-state index contributed by atoms with van der Waals surface area (Å²) in [5.41, 5.74) is 4.79. The van der Waals surface area contributed by atoms with Crippen LogP contribution in [0.1, 0.15) is 30.0 Å². The van der Waals surface area contributed by atoms with Gasteiger partial charge in [0.05, 0.1) is 17.6 Å². The van der Waals surface area contributed by atoms with E-state index < -0.39 is 0 Å². The molecule has 1 fully saturated rings. The van der Waals surface area contributed by atoms with E-state index in [9.17, 15) is 9.59 Å². The van der Waals surface area contributed by atoms with Crippen LogP contribution < -0.4 is 11.0 Å². The summed E-state index contributed by atoms with van der Waals surface area (Å²) >= 11 is 0. The number of H-pyrrole nitrogens is 1. The number of aromatic nitrogens is 2. The fraction of sp³-hybridized carbons (Fsp3) is 0.214. The fourth-order valence-electron chi connectivity index (χ4n) is 4.61. The Hall–Kier alpha value is -3.90. The molecule has 6 heteroatoms. The lowest BCUT2D eigenvalue weighted by molar-refractivity contribution is -0.117. The number of imidazole rings is 1. The van der Waals surface area contributed by atoms with Gasteiger partial charge in [-0.15, -0.1) is 0 Å². The number of fused-ring (bicyclic) bond motifs is 1. The summed E-state index contributed by atoms with van der Waals surface area (Å²) < 4.78 is 1.88. The lowest BCUT2D eigenvalue weighted by Crippen LogP contribution is -2.40. The Morgan fingerprint density at radius 3 is 2.26 bits per heavy atom. The monoisotopic (exact) mass is 452 g/mol. The smallest absolute Gasteiger partial charge is 0.325 e. The van der Waals surface area contributed by atoms with Crippen molar-refractivity contribution in [1.82, 2.24) is 14.5 Å². The standard InChI is InChI=1S/C28H28N4O2/c33-27(29-23-14-12-22(13-15-23)11-10-21-6-2-1-3-7-21)20-31-18-16-24(17-19-31)32-26-9-5-4-8-25(26)30-28(32)34/h1-15,24H,16-20H2,(H,29,33)(H,30,34)/b11-10+. The van der Waals surface area contributed by atoms with Crippen molar-refractivity contribution in [3.05, 3.63) is 100 Å². The molecule has 2 heterocycles. The molecule has 0 unspecified atom stereocenters. The molecule has 1 aliphatic heterocycles. The van der Waals surface area contributed by atoms with Gasteiger partial charge < -0.3 is 10.3 Å². The van der Waals surface area contributed by atoms with Crippen LogP contribution in [0.2, 0.25) is 0 Å². The second-order valence-corrected chi connectivity index (χ2v) is 8.74. The molecular weight excluding hydrogens is 424 g/mol. The first-order valence-corrected chi connectivity index (χ1v) is 11.7. The number of aromatic amines is 1. The maximum atomic E-state index is 12.6. The number of piperidine rings is 1. The second kappa shape index (κ2) is 9.93. The Morgan fingerprint density at radius 1 is 0.882 bits per heavy atom. The zero-order chi connectivity index (χ0) is 23.3. The van der Waals surface area contributed by atoms with Gasteiger partial charge in [-0.2, -0.15) is 0 Å². The zero-order valence-corrected chi connectivity index (χ0v) is 19.0. The van der Waals surface area contributed by atoms with Crippen LogP contribution in [0.25, 0.3) is 23.2 Å². The molecule has 5 rings (SSSR count). The minimum Gasteiger partial charge on any atom is -0.325 e. The van der Waals surface area contributed by atoms with E-state index in [1.54, 1.807) is 0 Å². The third kappa shape index (κ3) is 5.02. The van der Waals surface area contributed by atoms with Crippen molar-refractivity contribution in [2.24, 2.45) is 0 Å². The van der Waals surface area contributed by atoms with Gasteiger partial charge in [-0.25, -0.2) is 4.79 Å². The average molecular weight is 453 g/mol. The number of hydrogen-bond donors (Lipinski definition) is 2. The zero-order valence-electron chi connectivity index (χ0n) is 19.0. The maximum Gasteiger partial charge on any atom is 0.326 e. The molecule has 1 aliphatic rings. The van der Waals surface area contributed by atoms with Crippen molar-refractivity contribution in [3.63, 3.8) is 0 Å². The highest BCUT2D eigenvalue weighted by molar-refractivity contribution is 5.92. The predicted molar refractivity (Wildman–Crippen MR) is 138 cm³/mol. The molecule has 1 amide bonds. The molecule has 3 aromatic carbocycles. The third-order valence-corrected chi connectivity index (χ3v) is 6.38. The van der Waals surface area contributed by atoms with E-state index >= 15 is 0 Å². The van der Waals surface area contributed by atoms with Crippen molar-refractivity contribution in [1.29, 1.82) is 0 Å². The summed E-state index contributed by atoms with van der Waals surface area (Å²) in [6, 6.07) is 26.0. The van der Waals surface area contributed by atoms with Crippen LogP contribution in [0.4, 0.5) is 5.69 Å². The first kappa shape index (κ1) is 21.9. The predicted octanol–water partition coefficient (Wildman–Crippen LogP) is 4.78. The molecule has 6 nitrogen and oxygen atoms in total. The van der Waals surface area contributed by atoms with Crippen LogP contribution >= 0.6 is 0 Å². The number of benzene rings is 3. The number of rotatable bonds is 6. The van der Waals surface area contributed by atoms with Crippen LogP contribution in [0.3, 0.4) is 0 Å². The van der Waals surface area contributed by atoms with Gasteiger partial charge in [-0.3, -0.25) is 14.3 Å². The summed E-state index contributed by atoms with van der Waals surface area (Å²) in [6.45, 7) is 1.92. The number of likely N-dealkylation sites (tertiary alicyclic amines) is 1. The number of nitrogens with one attached hydrogen (secondary N) is 2. The highest BCUT2D eigenvalue weighted by Crippen LogP contribution is 2.24. The minimum atomic E-state index is -0.0561. The molecule has 34 heavy (non-hydrogen) atoms. The molecule has 2 N–H and O–H groups in total. The molecule has 0 bridgehead atoms. The number of para-hydroxylation sites is 2. The number of anilines is 1. The van der Waals surface area contributed by atoms with Gasteiger partial charge in [-0.1, -0.05) is 66.7 Å². The second-order valence-electron chi connectivity index (χ2n) is 8.74. The number of hydrogen-bond acceptors (Lipinski definition) is 3. The van der Waals surface area contributed by atoms with Gasteiger partial charge in [0.2, 0.25) is 5.91 Å². The molecule has 0 aliphatic carbocycles. The van der Waals surface area contributed by atoms with Gasteiger partial charge in [0.25, 0.3) is 0 Å². The van der Waals surface area contributed by atoms with Crippen molar-refractivity contribution in [3.8, 4) is 0 Å². The molecule has 1 aromatic heterocycles. The lowest BCUT2D eigenvalue weighted by atomic mass is 10.0. The summed E-state index contributed by atoms with van der Waals surface area (Å²) in [5, 5.41) is 3.00. The van der Waals surface area contributed by atoms with Crippen molar-refractivity contribution >= 4 is 34.8 Å². The Morgan fingerprint density at radius 2 is 1.53 bits per heavy atom. The number of nitrogens with zero attached hydrogens (tertiary/aromatic N) is 2. The lowest BCUT2D eigenvalue weighted by Gasteiger charge is -2.32. The fourth-order valence-corrected chi connectivity index (χ4v) is 4.61. The summed E-state index contributed by atoms with van der Waals surface area (Å²) in [5.74, 6) is -0.0183. The van der Waals surface area contributed by atoms with Crippen molar-refractivity contribution < 1.29 is 4.79 Å². The highest BCUT2D eigenvalue weighted by Gasteiger charge is 2.24. The number of amides is 1. The molecule has 0 spiro atoms. The first-order chi connectivity index (χ1) is 16.7. The van der Waals surface area contributed by atoms with Gasteiger partial charge in [0, 0.05) is 24.8 Å². The van der Waals surface area contributed by atoms with Crippen LogP contribution in [-0.4, -0.2) is 40.0 Å². The third-order valence-electron chi connectivity index (χ3n) is 6.38. The molecule has 0 radical (unpaired) electrons. The van der Waals surface area contributed by atoms with Crippen LogP contribution in [0.15, 0.2) is 83.7 Å². The Balaban J connectivity index is 1.13. The van der Waals surface area contributed by atoms with E-state index in [1.165, 1.54) is 0 Å². The Kier molecular flexibility index (Phi) is 6.40. The van der Waals surface area contributed by atoms with Gasteiger partial charge >= 0.3 is 5.69 Å². The van der Waals surface area contributed by atoms with E-state index in [2.05, 4.69) is 39.5 Å². The van der Waals surface area contributed by atoms with Crippen LogP contribution in [0.5, 0.6) is 0 Å². The van der Waals surface area contributed by atoms with Crippen molar-refractivity contribution in [2.45, 2.75) is 18.9 Å². The molecule has 0 saturated carbocycles. The minimum absolute atomic E-state index is 0.0183. The molecule has 4 aromatic rings. The summed E-state index contributed by atoms with van der Waals surface area (Å²) in [6.07, 6.45) is 5.82. The summed E-state index contributed by atoms with van der Waals surface area (Å²) in [4.78, 5) is 30.1. The molecule has 1 saturated heterocycles. The van der Waals surface area contributed by atoms with E-state index in [4.69, 9.17) is 0 Å². The quantitative estimate of drug-likeness (QED) is 0.414. The van der Waals surface area contributed by atoms with E-state index in [-0.39, 0.29) is 17.6 Å². The van der Waals surface area contributed by atoms with Gasteiger partial charge in [0.1, 0.15) is 0 Å². The van der Waals surface area contributed by atoms with E-state index in [1.807, 2.05) is 71.3 Å². The van der Waals surface area contributed by atoms with Crippen LogP contribution in [-0.2, 0) is 4.79 Å². The molecule has 0 atom stereocenters. The number of carbonyl (C=O) groups excluding carboxylic acids is 1. The van der Waals surface area contributed by atoms with Gasteiger partial charge in [-0.05, 0) is 48.2 Å². The summed E-state index contributed by atoms with van der Waals surface area (Å²) in [7, 11) is 0. The Labute approximate surface area is 198 Å².